The van der Waals surface area contributed by atoms with Crippen molar-refractivity contribution in [3.63, 3.8) is 0 Å². The molecule has 0 aliphatic rings. The lowest BCUT2D eigenvalue weighted by atomic mass is 9.97. The molecule has 0 radical (unpaired) electrons. The molecular formula is C57H98N20O16S. The fourth-order valence-corrected chi connectivity index (χ4v) is 9.07. The quantitative estimate of drug-likeness (QED) is 0.0164. The van der Waals surface area contributed by atoms with E-state index in [4.69, 9.17) is 40.1 Å². The second-order valence-corrected chi connectivity index (χ2v) is 23.1. The van der Waals surface area contributed by atoms with Crippen molar-refractivity contribution in [3.05, 3.63) is 35.9 Å². The number of hydrogen-bond donors (Lipinski definition) is 21. The summed E-state index contributed by atoms with van der Waals surface area (Å²) < 4.78 is 0. The lowest BCUT2D eigenvalue weighted by Gasteiger charge is -2.28. The summed E-state index contributed by atoms with van der Waals surface area (Å²) in [4.78, 5) is 181. The van der Waals surface area contributed by atoms with Gasteiger partial charge in [-0.05, 0) is 102 Å². The van der Waals surface area contributed by atoms with E-state index in [-0.39, 0.29) is 82.9 Å². The molecule has 13 atom stereocenters. The zero-order chi connectivity index (χ0) is 71.2. The maximum atomic E-state index is 14.3. The summed E-state index contributed by atoms with van der Waals surface area (Å²) in [6, 6.07) is -7.52. The number of carbonyl (C=O) groups excluding carboxylic acids is 12. The number of carbonyl (C=O) groups is 13. The van der Waals surface area contributed by atoms with Crippen LogP contribution in [0.25, 0.3) is 0 Å². The van der Waals surface area contributed by atoms with Gasteiger partial charge >= 0.3 is 5.97 Å². The number of aliphatic imine (C=N–C) groups is 2. The van der Waals surface area contributed by atoms with Gasteiger partial charge in [-0.1, -0.05) is 50.6 Å². The number of nitrogens with zero attached hydrogens (tertiary/aromatic N) is 2. The molecule has 0 saturated heterocycles. The average molecular weight is 1350 g/mol. The van der Waals surface area contributed by atoms with E-state index in [9.17, 15) is 77.6 Å². The third-order valence-electron chi connectivity index (χ3n) is 14.3. The highest BCUT2D eigenvalue weighted by Gasteiger charge is 2.36. The third-order valence-corrected chi connectivity index (χ3v) is 14.9. The Morgan fingerprint density at radius 1 is 0.532 bits per heavy atom. The predicted molar refractivity (Wildman–Crippen MR) is 347 cm³/mol. The molecule has 1 aromatic carbocycles. The van der Waals surface area contributed by atoms with Crippen LogP contribution >= 0.6 is 11.8 Å². The molecule has 28 N–H and O–H groups in total. The number of carboxylic acids is 1. The predicted octanol–water partition coefficient (Wildman–Crippen LogP) is -8.07. The molecule has 0 unspecified atom stereocenters. The van der Waals surface area contributed by atoms with Gasteiger partial charge < -0.3 is 114 Å². The first-order valence-electron chi connectivity index (χ1n) is 30.5. The van der Waals surface area contributed by atoms with Gasteiger partial charge in [-0.2, -0.15) is 11.8 Å². The smallest absolute Gasteiger partial charge is 0.326 e. The van der Waals surface area contributed by atoms with E-state index in [0.717, 1.165) is 0 Å². The first-order chi connectivity index (χ1) is 44.3. The molecule has 0 aliphatic carbocycles. The van der Waals surface area contributed by atoms with Crippen molar-refractivity contribution in [2.24, 2.45) is 56.0 Å². The number of rotatable bonds is 46. The van der Waals surface area contributed by atoms with Crippen LogP contribution in [0.5, 0.6) is 0 Å². The number of aliphatic hydroxyl groups excluding tert-OH is 2. The molecule has 37 heteroatoms. The van der Waals surface area contributed by atoms with Crippen LogP contribution in [0.1, 0.15) is 104 Å². The summed E-state index contributed by atoms with van der Waals surface area (Å²) in [6.45, 7) is 5.76. The Kier molecular flexibility index (Phi) is 39.4. The number of nitrogens with two attached hydrogens (primary N) is 7. The summed E-state index contributed by atoms with van der Waals surface area (Å²) in [5.41, 5.74) is 38.9. The molecule has 0 bridgehead atoms. The number of carboxylic acid groups (broad SMARTS) is 1. The Bertz CT molecular complexity index is 2740. The zero-order valence-corrected chi connectivity index (χ0v) is 54.7. The number of thioether (sulfide) groups is 1. The topological polar surface area (TPSA) is 622 Å². The van der Waals surface area contributed by atoms with Crippen molar-refractivity contribution in [1.82, 2.24) is 58.5 Å². The van der Waals surface area contributed by atoms with Crippen molar-refractivity contribution >= 4 is 101 Å². The molecule has 94 heavy (non-hydrogen) atoms. The van der Waals surface area contributed by atoms with Crippen LogP contribution < -0.4 is 98.6 Å². The summed E-state index contributed by atoms with van der Waals surface area (Å²) in [7, 11) is 0. The van der Waals surface area contributed by atoms with Crippen LogP contribution in [0, 0.1) is 5.92 Å². The zero-order valence-electron chi connectivity index (χ0n) is 53.9. The van der Waals surface area contributed by atoms with Gasteiger partial charge in [-0.3, -0.25) is 67.5 Å². The number of guanidine groups is 2. The molecule has 0 aliphatic heterocycles. The molecule has 0 fully saturated rings. The summed E-state index contributed by atoms with van der Waals surface area (Å²) >= 11 is 1.30. The standard InChI is InChI=1S/C57H98N20O16S/c1-7-29(2)44(77-42(81)27-67-53(90)43(60)32(5)79)54(91)74-38(25-33-15-9-8-10-16-33)51(88)73-34(17-11-12-21-58)49(86)76-40(28-78)52(89)69-31(4)45(82)70-35(18-13-22-65-56(61)62)47(84)68-30(3)46(83)71-37(20-24-94-6)50(87)72-36(19-14-23-66-57(63)64)48(85)75-39(55(92)93)26-41(59)80/h8-10,15-16,29-32,34-40,43-44,78-79H,7,11-14,17-28,58,60H2,1-6H3,(H2,59,80)(H,67,90)(H,68,84)(H,69,89)(H,70,82)(H,71,83)(H,72,87)(H,73,88)(H,74,91)(H,75,85)(H,76,86)(H,77,81)(H,92,93)(H4,61,62,65)(H4,63,64,66)/t29-,30-,31-,32+,34-,35-,36-,37-,38-,39-,40-,43-,44-/m0/s1. The van der Waals surface area contributed by atoms with Crippen molar-refractivity contribution in [3.8, 4) is 0 Å². The van der Waals surface area contributed by atoms with E-state index >= 15 is 0 Å². The van der Waals surface area contributed by atoms with E-state index < -0.39 is 175 Å². The first kappa shape index (κ1) is 83.1. The highest BCUT2D eigenvalue weighted by molar-refractivity contribution is 7.98. The number of aliphatic carboxylic acids is 1. The molecule has 36 nitrogen and oxygen atoms in total. The number of aliphatic hydroxyl groups is 2. The van der Waals surface area contributed by atoms with Crippen LogP contribution in [0.15, 0.2) is 40.3 Å². The highest BCUT2D eigenvalue weighted by Crippen LogP contribution is 2.13. The molecule has 0 aromatic heterocycles. The van der Waals surface area contributed by atoms with Gasteiger partial charge in [0.2, 0.25) is 70.9 Å². The molecule has 1 rings (SSSR count). The lowest BCUT2D eigenvalue weighted by Crippen LogP contribution is -2.61. The monoisotopic (exact) mass is 1350 g/mol. The largest absolute Gasteiger partial charge is 0.480 e. The maximum Gasteiger partial charge on any atom is 0.326 e. The van der Waals surface area contributed by atoms with E-state index in [2.05, 4.69) is 68.5 Å². The molecule has 12 amide bonds. The minimum Gasteiger partial charge on any atom is -0.480 e. The van der Waals surface area contributed by atoms with Gasteiger partial charge in [-0.25, -0.2) is 4.79 Å². The molecule has 0 saturated carbocycles. The molecule has 0 heterocycles. The number of benzene rings is 1. The number of unbranched alkanes of at least 4 members (excludes halogenated alkanes) is 1. The van der Waals surface area contributed by atoms with Crippen LogP contribution in [-0.4, -0.2) is 221 Å². The summed E-state index contributed by atoms with van der Waals surface area (Å²) in [6.07, 6.45) is 0.449. The summed E-state index contributed by atoms with van der Waals surface area (Å²) in [5.74, 6) is -13.4. The van der Waals surface area contributed by atoms with E-state index in [1.807, 2.05) is 0 Å². The molecule has 528 valence electrons. The minimum absolute atomic E-state index is 0.000802. The van der Waals surface area contributed by atoms with Crippen molar-refractivity contribution in [1.29, 1.82) is 0 Å². The van der Waals surface area contributed by atoms with Crippen molar-refractivity contribution < 1.29 is 77.6 Å². The van der Waals surface area contributed by atoms with Crippen LogP contribution in [-0.2, 0) is 68.7 Å². The maximum absolute atomic E-state index is 14.3. The number of amides is 12. The fraction of sp³-hybridized carbons (Fsp3) is 0.632. The number of nitrogens with one attached hydrogen (secondary N) is 11. The Morgan fingerprint density at radius 2 is 0.957 bits per heavy atom. The first-order valence-corrected chi connectivity index (χ1v) is 31.9. The van der Waals surface area contributed by atoms with Gasteiger partial charge in [0.15, 0.2) is 11.9 Å². The van der Waals surface area contributed by atoms with Gasteiger partial charge in [0.05, 0.1) is 25.7 Å². The fourth-order valence-electron chi connectivity index (χ4n) is 8.60. The minimum atomic E-state index is -1.75. The van der Waals surface area contributed by atoms with Gasteiger partial charge in [0.25, 0.3) is 0 Å². The van der Waals surface area contributed by atoms with Crippen molar-refractivity contribution in [2.75, 3.05) is 44.8 Å². The Morgan fingerprint density at radius 3 is 1.39 bits per heavy atom. The Balaban J connectivity index is 3.41. The second-order valence-electron chi connectivity index (χ2n) is 22.1. The highest BCUT2D eigenvalue weighted by atomic mass is 32.2. The third kappa shape index (κ3) is 32.6. The van der Waals surface area contributed by atoms with E-state index in [1.54, 1.807) is 50.4 Å². The molecular weight excluding hydrogens is 1250 g/mol. The van der Waals surface area contributed by atoms with Gasteiger partial charge in [0.1, 0.15) is 66.5 Å². The Labute approximate surface area is 549 Å². The molecule has 1 aromatic rings. The normalized spacial score (nSPS) is 15.1. The van der Waals surface area contributed by atoms with Crippen LogP contribution in [0.2, 0.25) is 0 Å². The van der Waals surface area contributed by atoms with Crippen LogP contribution in [0.3, 0.4) is 0 Å². The number of primary amides is 1. The second kappa shape index (κ2) is 44.6. The molecule has 0 spiro atoms. The van der Waals surface area contributed by atoms with Gasteiger partial charge in [-0.15, -0.1) is 0 Å². The van der Waals surface area contributed by atoms with Gasteiger partial charge in [0, 0.05) is 19.5 Å². The van der Waals surface area contributed by atoms with Crippen LogP contribution in [0.4, 0.5) is 0 Å². The van der Waals surface area contributed by atoms with E-state index in [1.165, 1.54) is 32.5 Å². The average Bonchev–Trinajstić information content (AvgIpc) is 1.14. The summed E-state index contributed by atoms with van der Waals surface area (Å²) in [5, 5.41) is 56.8. The Hall–Kier alpha value is -8.94. The number of hydrogen-bond acceptors (Lipinski definition) is 20. The van der Waals surface area contributed by atoms with E-state index in [0.29, 0.717) is 24.2 Å². The SMILES string of the molecule is CC[C@H](C)[C@H](NC(=O)CNC(=O)[C@@H](N)[C@@H](C)O)C(=O)N[C@@H](Cc1ccccc1)C(=O)N[C@@H](CCCCN)C(=O)N[C@@H](CO)C(=O)N[C@@H](C)C(=O)N[C@@H](CCCN=C(N)N)C(=O)N[C@@H](C)C(=O)N[C@@H](CCSC)C(=O)N[C@@H](CCCN=C(N)N)C(=O)N[C@@H](CC(N)=O)C(=O)O. The van der Waals surface area contributed by atoms with Crippen molar-refractivity contribution in [2.45, 2.75) is 178 Å². The lowest BCUT2D eigenvalue weighted by molar-refractivity contribution is -0.143.